The molecule has 2 aromatic rings. The van der Waals surface area contributed by atoms with Gasteiger partial charge in [0.1, 0.15) is 0 Å². The normalized spacial score (nSPS) is 11.5. The first kappa shape index (κ1) is 20.9. The third-order valence-corrected chi connectivity index (χ3v) is 5.89. The van der Waals surface area contributed by atoms with Crippen LogP contribution < -0.4 is 14.9 Å². The topological polar surface area (TPSA) is 78.5 Å². The van der Waals surface area contributed by atoms with Crippen molar-refractivity contribution in [3.8, 4) is 0 Å². The number of sulfonamides is 1. The molecule has 0 atom stereocenters. The van der Waals surface area contributed by atoms with Crippen LogP contribution in [0, 0.1) is 13.8 Å². The summed E-state index contributed by atoms with van der Waals surface area (Å²) in [6.45, 7) is 7.95. The molecular weight excluding hydrogens is 362 g/mol. The molecule has 0 aliphatic carbocycles. The quantitative estimate of drug-likeness (QED) is 0.763. The number of aryl methyl sites for hydroxylation is 2. The van der Waals surface area contributed by atoms with Crippen molar-refractivity contribution in [2.45, 2.75) is 38.6 Å². The van der Waals surface area contributed by atoms with Crippen LogP contribution in [0.4, 0.5) is 11.4 Å². The van der Waals surface area contributed by atoms with Crippen molar-refractivity contribution in [3.63, 3.8) is 0 Å². The van der Waals surface area contributed by atoms with Gasteiger partial charge in [-0.1, -0.05) is 23.8 Å². The maximum Gasteiger partial charge on any atom is 0.243 e. The molecule has 0 aliphatic rings. The zero-order valence-electron chi connectivity index (χ0n) is 16.4. The van der Waals surface area contributed by atoms with Gasteiger partial charge in [0.25, 0.3) is 0 Å². The van der Waals surface area contributed by atoms with Gasteiger partial charge in [0.05, 0.1) is 11.4 Å². The molecule has 0 unspecified atom stereocenters. The highest BCUT2D eigenvalue weighted by Gasteiger charge is 2.18. The summed E-state index contributed by atoms with van der Waals surface area (Å²) in [5, 5.41) is 2.80. The van der Waals surface area contributed by atoms with E-state index in [0.717, 1.165) is 11.3 Å². The van der Waals surface area contributed by atoms with E-state index < -0.39 is 10.0 Å². The Kier molecular flexibility index (Phi) is 6.62. The number of rotatable bonds is 7. The Hall–Kier alpha value is -2.38. The summed E-state index contributed by atoms with van der Waals surface area (Å²) in [6.07, 6.45) is 0. The average Bonchev–Trinajstić information content (AvgIpc) is 2.62. The van der Waals surface area contributed by atoms with Crippen LogP contribution in [0.2, 0.25) is 0 Å². The molecule has 27 heavy (non-hydrogen) atoms. The van der Waals surface area contributed by atoms with Gasteiger partial charge < -0.3 is 10.2 Å². The summed E-state index contributed by atoms with van der Waals surface area (Å²) in [6, 6.07) is 13.0. The second kappa shape index (κ2) is 8.54. The Labute approximate surface area is 161 Å². The number of carbonyl (C=O) groups excluding carboxylic acids is 1. The number of benzene rings is 2. The zero-order valence-corrected chi connectivity index (χ0v) is 17.2. The lowest BCUT2D eigenvalue weighted by Crippen LogP contribution is -2.38. The molecule has 7 heteroatoms. The van der Waals surface area contributed by atoms with Gasteiger partial charge in [-0.05, 0) is 64.6 Å². The fourth-order valence-electron chi connectivity index (χ4n) is 2.74. The van der Waals surface area contributed by atoms with Gasteiger partial charge in [0.15, 0.2) is 0 Å². The Morgan fingerprint density at radius 3 is 2.26 bits per heavy atom. The molecule has 0 spiro atoms. The number of anilines is 2. The minimum absolute atomic E-state index is 0.136. The SMILES string of the molecule is CNS(=O)(=O)c1cc(NC(=O)CN(c2ccc(C)cc2)C(C)C)ccc1C. The lowest BCUT2D eigenvalue weighted by atomic mass is 10.2. The summed E-state index contributed by atoms with van der Waals surface area (Å²) in [4.78, 5) is 14.7. The van der Waals surface area contributed by atoms with E-state index in [4.69, 9.17) is 0 Å². The monoisotopic (exact) mass is 389 g/mol. The predicted molar refractivity (Wildman–Crippen MR) is 110 cm³/mol. The standard InChI is InChI=1S/C20H27N3O3S/c1-14(2)23(18-10-6-15(3)7-11-18)13-20(24)22-17-9-8-16(4)19(12-17)27(25,26)21-5/h6-12,14,21H,13H2,1-5H3,(H,22,24). The minimum atomic E-state index is -3.58. The average molecular weight is 390 g/mol. The number of carbonyl (C=O) groups is 1. The molecule has 0 aromatic heterocycles. The second-order valence-corrected chi connectivity index (χ2v) is 8.65. The van der Waals surface area contributed by atoms with Crippen molar-refractivity contribution < 1.29 is 13.2 Å². The van der Waals surface area contributed by atoms with Gasteiger partial charge in [-0.2, -0.15) is 0 Å². The lowest BCUT2D eigenvalue weighted by Gasteiger charge is -2.28. The minimum Gasteiger partial charge on any atom is -0.360 e. The molecule has 0 fully saturated rings. The first-order chi connectivity index (χ1) is 12.6. The van der Waals surface area contributed by atoms with Gasteiger partial charge in [-0.3, -0.25) is 4.79 Å². The van der Waals surface area contributed by atoms with Gasteiger partial charge in [-0.15, -0.1) is 0 Å². The molecule has 0 saturated carbocycles. The molecule has 2 rings (SSSR count). The maximum atomic E-state index is 12.6. The highest BCUT2D eigenvalue weighted by molar-refractivity contribution is 7.89. The number of hydrogen-bond acceptors (Lipinski definition) is 4. The van der Waals surface area contributed by atoms with E-state index >= 15 is 0 Å². The Balaban J connectivity index is 2.19. The third-order valence-electron chi connectivity index (χ3n) is 4.33. The molecule has 1 amide bonds. The molecular formula is C20H27N3O3S. The fourth-order valence-corrected chi connectivity index (χ4v) is 3.73. The van der Waals surface area contributed by atoms with E-state index in [1.165, 1.54) is 13.1 Å². The molecule has 0 aliphatic heterocycles. The van der Waals surface area contributed by atoms with Crippen LogP contribution in [0.15, 0.2) is 47.4 Å². The summed E-state index contributed by atoms with van der Waals surface area (Å²) >= 11 is 0. The van der Waals surface area contributed by atoms with Gasteiger partial charge in [-0.25, -0.2) is 13.1 Å². The third kappa shape index (κ3) is 5.30. The smallest absolute Gasteiger partial charge is 0.243 e. The van der Waals surface area contributed by atoms with E-state index in [0.29, 0.717) is 11.3 Å². The van der Waals surface area contributed by atoms with Crippen LogP contribution in [0.25, 0.3) is 0 Å². The molecule has 0 radical (unpaired) electrons. The van der Waals surface area contributed by atoms with Crippen molar-refractivity contribution in [1.29, 1.82) is 0 Å². The van der Waals surface area contributed by atoms with Gasteiger partial charge in [0.2, 0.25) is 15.9 Å². The van der Waals surface area contributed by atoms with Crippen LogP contribution in [0.3, 0.4) is 0 Å². The molecule has 2 aromatic carbocycles. The van der Waals surface area contributed by atoms with Crippen LogP contribution in [-0.4, -0.2) is 34.0 Å². The summed E-state index contributed by atoms with van der Waals surface area (Å²) < 4.78 is 26.5. The summed E-state index contributed by atoms with van der Waals surface area (Å²) in [5.41, 5.74) is 3.19. The summed E-state index contributed by atoms with van der Waals surface area (Å²) in [5.74, 6) is -0.207. The number of hydrogen-bond donors (Lipinski definition) is 2. The first-order valence-electron chi connectivity index (χ1n) is 8.81. The Bertz CT molecular complexity index is 907. The number of nitrogens with zero attached hydrogens (tertiary/aromatic N) is 1. The molecule has 146 valence electrons. The van der Waals surface area contributed by atoms with E-state index in [1.807, 2.05) is 49.9 Å². The van der Waals surface area contributed by atoms with Gasteiger partial charge >= 0.3 is 0 Å². The molecule has 0 saturated heterocycles. The predicted octanol–water partition coefficient (Wildman–Crippen LogP) is 3.07. The zero-order chi connectivity index (χ0) is 20.2. The van der Waals surface area contributed by atoms with Crippen molar-refractivity contribution >= 4 is 27.3 Å². The van der Waals surface area contributed by atoms with Crippen LogP contribution in [0.1, 0.15) is 25.0 Å². The van der Waals surface area contributed by atoms with E-state index in [1.54, 1.807) is 19.1 Å². The van der Waals surface area contributed by atoms with E-state index in [2.05, 4.69) is 10.0 Å². The van der Waals surface area contributed by atoms with E-state index in [9.17, 15) is 13.2 Å². The highest BCUT2D eigenvalue weighted by atomic mass is 32.2. The number of nitrogens with one attached hydrogen (secondary N) is 2. The van der Waals surface area contributed by atoms with Crippen molar-refractivity contribution in [1.82, 2.24) is 4.72 Å². The van der Waals surface area contributed by atoms with E-state index in [-0.39, 0.29) is 23.4 Å². The fraction of sp³-hybridized carbons (Fsp3) is 0.350. The van der Waals surface area contributed by atoms with Crippen LogP contribution in [-0.2, 0) is 14.8 Å². The molecule has 0 bridgehead atoms. The van der Waals surface area contributed by atoms with Crippen LogP contribution in [0.5, 0.6) is 0 Å². The first-order valence-corrected chi connectivity index (χ1v) is 10.3. The highest BCUT2D eigenvalue weighted by Crippen LogP contribution is 2.21. The van der Waals surface area contributed by atoms with Crippen molar-refractivity contribution in [3.05, 3.63) is 53.6 Å². The largest absolute Gasteiger partial charge is 0.360 e. The molecule has 2 N–H and O–H groups in total. The molecule has 6 nitrogen and oxygen atoms in total. The van der Waals surface area contributed by atoms with Crippen LogP contribution >= 0.6 is 0 Å². The second-order valence-electron chi connectivity index (χ2n) is 6.79. The lowest BCUT2D eigenvalue weighted by molar-refractivity contribution is -0.115. The Morgan fingerprint density at radius 2 is 1.70 bits per heavy atom. The number of amides is 1. The summed E-state index contributed by atoms with van der Waals surface area (Å²) in [7, 11) is -2.22. The Morgan fingerprint density at radius 1 is 1.07 bits per heavy atom. The molecule has 0 heterocycles. The van der Waals surface area contributed by atoms with Gasteiger partial charge in [0, 0.05) is 17.4 Å². The maximum absolute atomic E-state index is 12.6. The van der Waals surface area contributed by atoms with Crippen molar-refractivity contribution in [2.24, 2.45) is 0 Å². The van der Waals surface area contributed by atoms with Crippen molar-refractivity contribution in [2.75, 3.05) is 23.8 Å².